The van der Waals surface area contributed by atoms with Crippen molar-refractivity contribution in [3.63, 3.8) is 0 Å². The molecule has 2 aromatic rings. The van der Waals surface area contributed by atoms with E-state index in [1.807, 2.05) is 65.6 Å². The van der Waals surface area contributed by atoms with Crippen LogP contribution in [-0.4, -0.2) is 39.3 Å². The summed E-state index contributed by atoms with van der Waals surface area (Å²) in [6.45, 7) is 3.32. The van der Waals surface area contributed by atoms with Crippen molar-refractivity contribution in [2.24, 2.45) is 0 Å². The van der Waals surface area contributed by atoms with Gasteiger partial charge in [0.2, 0.25) is 5.91 Å². The number of para-hydroxylation sites is 1. The summed E-state index contributed by atoms with van der Waals surface area (Å²) >= 11 is 5.70. The van der Waals surface area contributed by atoms with Gasteiger partial charge in [-0.3, -0.25) is 14.5 Å². The smallest absolute Gasteiger partial charge is 0.252 e. The first kappa shape index (κ1) is 22.9. The van der Waals surface area contributed by atoms with Crippen LogP contribution in [0.1, 0.15) is 51.0 Å². The van der Waals surface area contributed by atoms with E-state index in [1.54, 1.807) is 4.90 Å². The molecule has 1 N–H and O–H groups in total. The Labute approximate surface area is 190 Å². The molecule has 2 amide bonds. The molecule has 3 rings (SSSR count). The van der Waals surface area contributed by atoms with Crippen molar-refractivity contribution in [3.05, 3.63) is 66.2 Å². The van der Waals surface area contributed by atoms with E-state index in [0.29, 0.717) is 18.2 Å². The van der Waals surface area contributed by atoms with Crippen LogP contribution in [0.4, 0.5) is 5.69 Å². The lowest BCUT2D eigenvalue weighted by Crippen LogP contribution is -2.38. The number of rotatable bonds is 11. The second kappa shape index (κ2) is 11.6. The van der Waals surface area contributed by atoms with Crippen LogP contribution in [0.2, 0.25) is 0 Å². The predicted octanol–water partition coefficient (Wildman–Crippen LogP) is 4.98. The second-order valence-corrected chi connectivity index (χ2v) is 8.30. The molecule has 1 aliphatic rings. The van der Waals surface area contributed by atoms with Gasteiger partial charge in [-0.15, -0.1) is 0 Å². The molecule has 0 aromatic heterocycles. The Hall–Kier alpha value is -2.73. The van der Waals surface area contributed by atoms with Crippen LogP contribution in [0.5, 0.6) is 0 Å². The fourth-order valence-electron chi connectivity index (χ4n) is 3.85. The number of nitrogens with zero attached hydrogens (tertiary/aromatic N) is 2. The Balaban J connectivity index is 1.69. The third kappa shape index (κ3) is 6.37. The number of hydrogen-bond acceptors (Lipinski definition) is 3. The number of benzene rings is 2. The fraction of sp³-hybridized carbons (Fsp3) is 0.400. The number of hydrogen-bond donors (Lipinski definition) is 1. The molecule has 1 saturated heterocycles. The molecule has 0 spiro atoms. The Morgan fingerprint density at radius 1 is 0.968 bits per heavy atom. The van der Waals surface area contributed by atoms with Gasteiger partial charge in [-0.2, -0.15) is 0 Å². The lowest BCUT2D eigenvalue weighted by atomic mass is 10.1. The van der Waals surface area contributed by atoms with Gasteiger partial charge in [0.25, 0.3) is 5.91 Å². The topological polar surface area (TPSA) is 52.7 Å². The van der Waals surface area contributed by atoms with E-state index in [0.717, 1.165) is 24.1 Å². The predicted molar refractivity (Wildman–Crippen MR) is 129 cm³/mol. The van der Waals surface area contributed by atoms with Gasteiger partial charge in [-0.25, -0.2) is 0 Å². The van der Waals surface area contributed by atoms with Crippen molar-refractivity contribution in [1.29, 1.82) is 0 Å². The van der Waals surface area contributed by atoms with Gasteiger partial charge in [0.1, 0.15) is 6.04 Å². The summed E-state index contributed by atoms with van der Waals surface area (Å²) in [5, 5.41) is 3.42. The average molecular weight is 438 g/mol. The van der Waals surface area contributed by atoms with Crippen LogP contribution < -0.4 is 5.32 Å². The van der Waals surface area contributed by atoms with Gasteiger partial charge >= 0.3 is 0 Å². The number of anilines is 1. The normalized spacial score (nSPS) is 16.1. The monoisotopic (exact) mass is 437 g/mol. The molecule has 6 heteroatoms. The number of unbranched alkanes of at least 4 members (excludes halogenated alkanes) is 4. The zero-order valence-electron chi connectivity index (χ0n) is 18.1. The molecule has 1 fully saturated rings. The minimum absolute atomic E-state index is 0.0914. The maximum atomic E-state index is 13.3. The Morgan fingerprint density at radius 3 is 2.29 bits per heavy atom. The lowest BCUT2D eigenvalue weighted by molar-refractivity contribution is -0.131. The van der Waals surface area contributed by atoms with Crippen LogP contribution in [0.25, 0.3) is 0 Å². The molecule has 1 aliphatic heterocycles. The van der Waals surface area contributed by atoms with E-state index in [1.165, 1.54) is 19.3 Å². The number of thiocarbonyl (C=S) groups is 1. The van der Waals surface area contributed by atoms with Crippen molar-refractivity contribution in [1.82, 2.24) is 9.80 Å². The number of nitrogens with one attached hydrogen (secondary N) is 1. The summed E-state index contributed by atoms with van der Waals surface area (Å²) in [5.74, 6) is -0.268. The van der Waals surface area contributed by atoms with Crippen molar-refractivity contribution in [2.45, 2.75) is 58.0 Å². The van der Waals surface area contributed by atoms with E-state index < -0.39 is 6.04 Å². The molecule has 0 saturated carbocycles. The van der Waals surface area contributed by atoms with Gasteiger partial charge in [0, 0.05) is 12.2 Å². The highest BCUT2D eigenvalue weighted by atomic mass is 32.1. The van der Waals surface area contributed by atoms with Crippen LogP contribution in [0.3, 0.4) is 0 Å². The molecule has 31 heavy (non-hydrogen) atoms. The first-order chi connectivity index (χ1) is 15.1. The molecular weight excluding hydrogens is 406 g/mol. The fourth-order valence-corrected chi connectivity index (χ4v) is 4.22. The van der Waals surface area contributed by atoms with E-state index >= 15 is 0 Å². The van der Waals surface area contributed by atoms with Gasteiger partial charge in [-0.1, -0.05) is 81.1 Å². The second-order valence-electron chi connectivity index (χ2n) is 7.93. The first-order valence-electron chi connectivity index (χ1n) is 11.1. The van der Waals surface area contributed by atoms with Gasteiger partial charge < -0.3 is 10.2 Å². The summed E-state index contributed by atoms with van der Waals surface area (Å²) in [5.41, 5.74) is 1.75. The molecular formula is C25H31N3O2S. The minimum atomic E-state index is -0.550. The summed E-state index contributed by atoms with van der Waals surface area (Å²) in [6, 6.07) is 18.6. The average Bonchev–Trinajstić information content (AvgIpc) is 2.99. The molecule has 0 radical (unpaired) electrons. The maximum absolute atomic E-state index is 13.3. The Kier molecular flexibility index (Phi) is 8.59. The highest BCUT2D eigenvalue weighted by Crippen LogP contribution is 2.24. The Morgan fingerprint density at radius 2 is 1.61 bits per heavy atom. The van der Waals surface area contributed by atoms with E-state index in [4.69, 9.17) is 12.2 Å². The lowest BCUT2D eigenvalue weighted by Gasteiger charge is -2.24. The number of carbonyl (C=O) groups excluding carboxylic acids is 2. The highest BCUT2D eigenvalue weighted by Gasteiger charge is 2.42. The van der Waals surface area contributed by atoms with Crippen LogP contribution in [0, 0.1) is 0 Å². The maximum Gasteiger partial charge on any atom is 0.252 e. The summed E-state index contributed by atoms with van der Waals surface area (Å²) in [6.07, 6.45) is 5.73. The number of amides is 2. The molecule has 1 unspecified atom stereocenters. The summed E-state index contributed by atoms with van der Waals surface area (Å²) < 4.78 is 0. The SMILES string of the molecule is CCCCCCCN1C(=S)N(Cc2ccccc2)C(=O)C1CC(=O)Nc1ccccc1. The molecule has 5 nitrogen and oxygen atoms in total. The standard InChI is InChI=1S/C25H31N3O2S/c1-2-3-4-5-12-17-27-22(18-23(29)26-21-15-10-7-11-16-21)24(30)28(25(27)31)19-20-13-8-6-9-14-20/h6-11,13-16,22H,2-5,12,17-19H2,1H3,(H,26,29). The van der Waals surface area contributed by atoms with Crippen molar-refractivity contribution in [3.8, 4) is 0 Å². The Bertz CT molecular complexity index is 873. The van der Waals surface area contributed by atoms with E-state index in [9.17, 15) is 9.59 Å². The summed E-state index contributed by atoms with van der Waals surface area (Å²) in [4.78, 5) is 29.6. The molecule has 164 valence electrons. The first-order valence-corrected chi connectivity index (χ1v) is 11.5. The molecule has 1 heterocycles. The van der Waals surface area contributed by atoms with Crippen LogP contribution >= 0.6 is 12.2 Å². The highest BCUT2D eigenvalue weighted by molar-refractivity contribution is 7.80. The van der Waals surface area contributed by atoms with E-state index in [2.05, 4.69) is 12.2 Å². The molecule has 0 aliphatic carbocycles. The number of carbonyl (C=O) groups is 2. The zero-order valence-corrected chi connectivity index (χ0v) is 18.9. The molecule has 0 bridgehead atoms. The quantitative estimate of drug-likeness (QED) is 0.398. The zero-order chi connectivity index (χ0) is 22.1. The van der Waals surface area contributed by atoms with Gasteiger partial charge in [-0.05, 0) is 36.3 Å². The van der Waals surface area contributed by atoms with Crippen molar-refractivity contribution < 1.29 is 9.59 Å². The molecule has 1 atom stereocenters. The van der Waals surface area contributed by atoms with Gasteiger partial charge in [0.05, 0.1) is 13.0 Å². The van der Waals surface area contributed by atoms with Crippen molar-refractivity contribution in [2.75, 3.05) is 11.9 Å². The third-order valence-electron chi connectivity index (χ3n) is 5.53. The minimum Gasteiger partial charge on any atom is -0.336 e. The molecule has 2 aromatic carbocycles. The third-order valence-corrected chi connectivity index (χ3v) is 5.98. The van der Waals surface area contributed by atoms with Crippen molar-refractivity contribution >= 4 is 34.8 Å². The summed E-state index contributed by atoms with van der Waals surface area (Å²) in [7, 11) is 0. The van der Waals surface area contributed by atoms with Gasteiger partial charge in [0.15, 0.2) is 5.11 Å². The largest absolute Gasteiger partial charge is 0.336 e. The van der Waals surface area contributed by atoms with E-state index in [-0.39, 0.29) is 18.2 Å². The van der Waals surface area contributed by atoms with Crippen LogP contribution in [-0.2, 0) is 16.1 Å². The van der Waals surface area contributed by atoms with Crippen LogP contribution in [0.15, 0.2) is 60.7 Å².